The number of nitrogens with zero attached hydrogens (tertiary/aromatic N) is 4. The van der Waals surface area contributed by atoms with E-state index in [0.717, 1.165) is 18.4 Å². The molecule has 0 bridgehead atoms. The summed E-state index contributed by atoms with van der Waals surface area (Å²) in [5.41, 5.74) is 1.68. The lowest BCUT2D eigenvalue weighted by molar-refractivity contribution is 0.587. The third-order valence-corrected chi connectivity index (χ3v) is 4.98. The smallest absolute Gasteiger partial charge is 0.167 e. The second kappa shape index (κ2) is 6.09. The lowest BCUT2D eigenvalue weighted by Crippen LogP contribution is -2.01. The number of fused-ring (bicyclic) bond motifs is 1. The molecule has 7 heteroatoms. The van der Waals surface area contributed by atoms with Crippen molar-refractivity contribution in [3.63, 3.8) is 0 Å². The molecule has 4 nitrogen and oxygen atoms in total. The van der Waals surface area contributed by atoms with Gasteiger partial charge in [-0.2, -0.15) is 0 Å². The van der Waals surface area contributed by atoms with E-state index in [2.05, 4.69) is 15.0 Å². The van der Waals surface area contributed by atoms with Crippen molar-refractivity contribution in [2.75, 3.05) is 0 Å². The summed E-state index contributed by atoms with van der Waals surface area (Å²) in [7, 11) is 0. The topological polar surface area (TPSA) is 43.6 Å². The van der Waals surface area contributed by atoms with Crippen LogP contribution in [0.25, 0.3) is 33.9 Å². The minimum absolute atomic E-state index is 0.00519. The fourth-order valence-corrected chi connectivity index (χ4v) is 3.45. The molecular formula is C20H13ClF2N4. The molecule has 134 valence electrons. The summed E-state index contributed by atoms with van der Waals surface area (Å²) in [6.07, 6.45) is 3.50. The molecule has 4 aromatic rings. The second-order valence-electron chi connectivity index (χ2n) is 6.52. The molecule has 2 heterocycles. The molecule has 1 aliphatic rings. The van der Waals surface area contributed by atoms with Gasteiger partial charge in [0, 0.05) is 11.6 Å². The zero-order valence-electron chi connectivity index (χ0n) is 14.0. The molecule has 1 fully saturated rings. The molecule has 0 radical (unpaired) electrons. The normalized spacial score (nSPS) is 14.0. The van der Waals surface area contributed by atoms with E-state index in [0.29, 0.717) is 22.0 Å². The van der Waals surface area contributed by atoms with Gasteiger partial charge in [0.2, 0.25) is 0 Å². The quantitative estimate of drug-likeness (QED) is 0.474. The molecule has 0 N–H and O–H groups in total. The number of halogens is 3. The maximum atomic E-state index is 14.2. The first kappa shape index (κ1) is 16.3. The van der Waals surface area contributed by atoms with Crippen molar-refractivity contribution in [1.29, 1.82) is 0 Å². The first-order valence-corrected chi connectivity index (χ1v) is 8.95. The van der Waals surface area contributed by atoms with E-state index in [1.807, 2.05) is 22.8 Å². The van der Waals surface area contributed by atoms with Crippen LogP contribution < -0.4 is 0 Å². The van der Waals surface area contributed by atoms with Gasteiger partial charge >= 0.3 is 0 Å². The maximum absolute atomic E-state index is 14.2. The molecule has 5 rings (SSSR count). The van der Waals surface area contributed by atoms with Gasteiger partial charge in [-0.05, 0) is 37.1 Å². The summed E-state index contributed by atoms with van der Waals surface area (Å²) in [5.74, 6) is -0.694. The number of hydrogen-bond donors (Lipinski definition) is 0. The van der Waals surface area contributed by atoms with E-state index in [9.17, 15) is 8.78 Å². The Morgan fingerprint density at radius 3 is 2.41 bits per heavy atom. The molecular weight excluding hydrogens is 370 g/mol. The predicted octanol–water partition coefficient (Wildman–Crippen LogP) is 5.43. The van der Waals surface area contributed by atoms with E-state index >= 15 is 0 Å². The van der Waals surface area contributed by atoms with Gasteiger partial charge in [0.1, 0.15) is 23.0 Å². The Bertz CT molecular complexity index is 1160. The molecule has 0 aliphatic heterocycles. The highest BCUT2D eigenvalue weighted by Gasteiger charge is 2.30. The van der Waals surface area contributed by atoms with Crippen LogP contribution in [-0.2, 0) is 0 Å². The van der Waals surface area contributed by atoms with Crippen LogP contribution in [-0.4, -0.2) is 19.5 Å². The summed E-state index contributed by atoms with van der Waals surface area (Å²) in [5, 5.41) is 0.586. The zero-order valence-corrected chi connectivity index (χ0v) is 14.8. The van der Waals surface area contributed by atoms with Gasteiger partial charge in [-0.15, -0.1) is 0 Å². The Labute approximate surface area is 158 Å². The highest BCUT2D eigenvalue weighted by atomic mass is 35.5. The molecule has 2 aromatic heterocycles. The second-order valence-corrected chi connectivity index (χ2v) is 6.92. The summed E-state index contributed by atoms with van der Waals surface area (Å²) in [4.78, 5) is 13.3. The molecule has 1 aliphatic carbocycles. The van der Waals surface area contributed by atoms with Crippen LogP contribution in [0.1, 0.15) is 18.9 Å². The van der Waals surface area contributed by atoms with Crippen molar-refractivity contribution < 1.29 is 8.78 Å². The summed E-state index contributed by atoms with van der Waals surface area (Å²) < 4.78 is 30.3. The monoisotopic (exact) mass is 382 g/mol. The molecule has 27 heavy (non-hydrogen) atoms. The Morgan fingerprint density at radius 2 is 1.70 bits per heavy atom. The average molecular weight is 383 g/mol. The van der Waals surface area contributed by atoms with Crippen LogP contribution in [0.2, 0.25) is 5.02 Å². The highest BCUT2D eigenvalue weighted by Crippen LogP contribution is 2.42. The third-order valence-electron chi connectivity index (χ3n) is 4.65. The summed E-state index contributed by atoms with van der Waals surface area (Å²) in [6, 6.07) is 11.4. The van der Waals surface area contributed by atoms with Gasteiger partial charge in [0.05, 0.1) is 16.8 Å². The fraction of sp³-hybridized carbons (Fsp3) is 0.150. The standard InChI is InChI=1S/C20H13ClF2N4/c21-13-5-2-1-4-12(13)19-25-16-10-24-18(17-14(22)6-3-7-15(17)23)26-20(16)27(19)11-8-9-11/h1-7,10-11H,8-9H2. The van der Waals surface area contributed by atoms with Crippen molar-refractivity contribution in [3.05, 3.63) is 65.3 Å². The number of imidazole rings is 1. The van der Waals surface area contributed by atoms with Crippen LogP contribution in [0.3, 0.4) is 0 Å². The van der Waals surface area contributed by atoms with Gasteiger partial charge < -0.3 is 4.57 Å². The van der Waals surface area contributed by atoms with E-state index in [1.54, 1.807) is 6.07 Å². The molecule has 0 atom stereocenters. The summed E-state index contributed by atoms with van der Waals surface area (Å²) in [6.45, 7) is 0. The van der Waals surface area contributed by atoms with E-state index in [-0.39, 0.29) is 17.4 Å². The van der Waals surface area contributed by atoms with Crippen molar-refractivity contribution in [2.24, 2.45) is 0 Å². The van der Waals surface area contributed by atoms with Gasteiger partial charge in [0.15, 0.2) is 11.5 Å². The minimum atomic E-state index is -0.696. The van der Waals surface area contributed by atoms with Crippen molar-refractivity contribution >= 4 is 22.8 Å². The first-order chi connectivity index (χ1) is 13.1. The largest absolute Gasteiger partial charge is 0.305 e. The molecule has 0 unspecified atom stereocenters. The molecule has 0 amide bonds. The average Bonchev–Trinajstić information content (AvgIpc) is 3.42. The SMILES string of the molecule is Fc1cccc(F)c1-c1ncc2nc(-c3ccccc3Cl)n(C3CC3)c2n1. The fourth-order valence-electron chi connectivity index (χ4n) is 3.23. The summed E-state index contributed by atoms with van der Waals surface area (Å²) >= 11 is 6.36. The van der Waals surface area contributed by atoms with Crippen LogP contribution in [0.5, 0.6) is 0 Å². The Balaban J connectivity index is 1.77. The van der Waals surface area contributed by atoms with Crippen LogP contribution in [0.15, 0.2) is 48.7 Å². The van der Waals surface area contributed by atoms with Crippen molar-refractivity contribution in [2.45, 2.75) is 18.9 Å². The van der Waals surface area contributed by atoms with Gasteiger partial charge in [0.25, 0.3) is 0 Å². The number of hydrogen-bond acceptors (Lipinski definition) is 3. The van der Waals surface area contributed by atoms with Crippen LogP contribution in [0.4, 0.5) is 8.78 Å². The lowest BCUT2D eigenvalue weighted by atomic mass is 10.2. The number of aromatic nitrogens is 4. The number of benzene rings is 2. The predicted molar refractivity (Wildman–Crippen MR) is 99.4 cm³/mol. The van der Waals surface area contributed by atoms with E-state index < -0.39 is 11.6 Å². The van der Waals surface area contributed by atoms with Crippen molar-refractivity contribution in [3.8, 4) is 22.8 Å². The van der Waals surface area contributed by atoms with Crippen LogP contribution in [0, 0.1) is 11.6 Å². The maximum Gasteiger partial charge on any atom is 0.167 e. The van der Waals surface area contributed by atoms with E-state index in [4.69, 9.17) is 11.6 Å². The number of rotatable bonds is 3. The lowest BCUT2D eigenvalue weighted by Gasteiger charge is -2.09. The van der Waals surface area contributed by atoms with Crippen LogP contribution >= 0.6 is 11.6 Å². The van der Waals surface area contributed by atoms with Gasteiger partial charge in [-0.25, -0.2) is 23.7 Å². The third kappa shape index (κ3) is 2.68. The molecule has 0 spiro atoms. The minimum Gasteiger partial charge on any atom is -0.305 e. The highest BCUT2D eigenvalue weighted by molar-refractivity contribution is 6.33. The molecule has 1 saturated carbocycles. The van der Waals surface area contributed by atoms with Crippen molar-refractivity contribution in [1.82, 2.24) is 19.5 Å². The van der Waals surface area contributed by atoms with Gasteiger partial charge in [-0.3, -0.25) is 0 Å². The molecule has 2 aromatic carbocycles. The Hall–Kier alpha value is -2.86. The first-order valence-electron chi connectivity index (χ1n) is 8.58. The van der Waals surface area contributed by atoms with Gasteiger partial charge in [-0.1, -0.05) is 29.8 Å². The Kier molecular flexibility index (Phi) is 3.68. The Morgan fingerprint density at radius 1 is 0.963 bits per heavy atom. The van der Waals surface area contributed by atoms with E-state index in [1.165, 1.54) is 24.4 Å². The zero-order chi connectivity index (χ0) is 18.5. The molecule has 0 saturated heterocycles.